The van der Waals surface area contributed by atoms with E-state index in [2.05, 4.69) is 27.2 Å². The van der Waals surface area contributed by atoms with Crippen LogP contribution in [0.3, 0.4) is 0 Å². The highest BCUT2D eigenvalue weighted by molar-refractivity contribution is 7.86. The van der Waals surface area contributed by atoms with E-state index >= 15 is 0 Å². The van der Waals surface area contributed by atoms with Gasteiger partial charge < -0.3 is 15.2 Å². The smallest absolute Gasteiger partial charge is 0.236 e. The summed E-state index contributed by atoms with van der Waals surface area (Å²) in [5.74, 6) is 0.187. The van der Waals surface area contributed by atoms with Crippen molar-refractivity contribution in [3.05, 3.63) is 24.7 Å². The highest BCUT2D eigenvalue weighted by atomic mass is 32.2. The Kier molecular flexibility index (Phi) is 5.83. The Balaban J connectivity index is 1.69. The standard InChI is InChI=1S/C20H22N6O2S2/c1-12-7-13(11-26(10-12)16(27)3-5-21)25-18-14-4-6-22-19(14)23-8-15(18)20-24-9-17(29-20)30(2)28/h4,6,8-9,12-13H,3,7,10-11H2,1-2H3,(H2,22,23,25)/t12-,13+,30?/m0/s1. The second kappa shape index (κ2) is 8.53. The Hall–Kier alpha value is -2.77. The summed E-state index contributed by atoms with van der Waals surface area (Å²) >= 11 is 1.39. The van der Waals surface area contributed by atoms with E-state index in [4.69, 9.17) is 5.26 Å². The van der Waals surface area contributed by atoms with E-state index in [0.29, 0.717) is 23.2 Å². The number of aromatic nitrogens is 3. The fourth-order valence-corrected chi connectivity index (χ4v) is 5.46. The first kappa shape index (κ1) is 20.5. The zero-order chi connectivity index (χ0) is 21.3. The van der Waals surface area contributed by atoms with E-state index in [9.17, 15) is 9.00 Å². The van der Waals surface area contributed by atoms with Crippen LogP contribution in [0.15, 0.2) is 28.9 Å². The molecule has 8 nitrogen and oxygen atoms in total. The lowest BCUT2D eigenvalue weighted by atomic mass is 9.95. The lowest BCUT2D eigenvalue weighted by molar-refractivity contribution is -0.132. The molecule has 3 aromatic heterocycles. The van der Waals surface area contributed by atoms with Crippen LogP contribution in [0.2, 0.25) is 0 Å². The van der Waals surface area contributed by atoms with Crippen LogP contribution < -0.4 is 5.32 Å². The first-order chi connectivity index (χ1) is 14.5. The van der Waals surface area contributed by atoms with E-state index in [1.165, 1.54) is 11.3 Å². The fourth-order valence-electron chi connectivity index (χ4n) is 3.89. The molecular formula is C20H22N6O2S2. The molecular weight excluding hydrogens is 420 g/mol. The molecule has 1 aliphatic heterocycles. The second-order valence-corrected chi connectivity index (χ2v) is 10.2. The van der Waals surface area contributed by atoms with Gasteiger partial charge in [0.25, 0.3) is 0 Å². The summed E-state index contributed by atoms with van der Waals surface area (Å²) in [7, 11) is -1.09. The van der Waals surface area contributed by atoms with Gasteiger partial charge in [0.15, 0.2) is 0 Å². The molecule has 10 heteroatoms. The topological polar surface area (TPSA) is 115 Å². The number of aromatic amines is 1. The van der Waals surface area contributed by atoms with Crippen LogP contribution in [0.1, 0.15) is 19.8 Å². The van der Waals surface area contributed by atoms with Crippen molar-refractivity contribution in [2.45, 2.75) is 30.0 Å². The van der Waals surface area contributed by atoms with Crippen LogP contribution in [0.5, 0.6) is 0 Å². The zero-order valence-electron chi connectivity index (χ0n) is 16.7. The third-order valence-electron chi connectivity index (χ3n) is 5.18. The van der Waals surface area contributed by atoms with Gasteiger partial charge in [0, 0.05) is 43.2 Å². The number of fused-ring (bicyclic) bond motifs is 1. The maximum Gasteiger partial charge on any atom is 0.236 e. The molecule has 0 aromatic carbocycles. The molecule has 4 rings (SSSR count). The largest absolute Gasteiger partial charge is 0.379 e. The van der Waals surface area contributed by atoms with Gasteiger partial charge in [-0.15, -0.1) is 11.3 Å². The van der Waals surface area contributed by atoms with Gasteiger partial charge in [0.1, 0.15) is 21.3 Å². The van der Waals surface area contributed by atoms with E-state index in [1.54, 1.807) is 23.5 Å². The summed E-state index contributed by atoms with van der Waals surface area (Å²) in [5, 5.41) is 14.2. The van der Waals surface area contributed by atoms with Crippen LogP contribution in [-0.4, -0.2) is 55.4 Å². The number of carbonyl (C=O) groups excluding carboxylic acids is 1. The number of nitrogens with one attached hydrogen (secondary N) is 2. The lowest BCUT2D eigenvalue weighted by Crippen LogP contribution is -2.48. The van der Waals surface area contributed by atoms with Crippen molar-refractivity contribution >= 4 is 44.8 Å². The zero-order valence-corrected chi connectivity index (χ0v) is 18.3. The van der Waals surface area contributed by atoms with Gasteiger partial charge in [-0.3, -0.25) is 9.00 Å². The van der Waals surface area contributed by atoms with Crippen LogP contribution >= 0.6 is 11.3 Å². The normalized spacial score (nSPS) is 20.1. The summed E-state index contributed by atoms with van der Waals surface area (Å²) in [5.41, 5.74) is 2.51. The van der Waals surface area contributed by atoms with E-state index in [-0.39, 0.29) is 18.4 Å². The molecule has 0 spiro atoms. The Morgan fingerprint density at radius 2 is 2.27 bits per heavy atom. The van der Waals surface area contributed by atoms with Crippen LogP contribution in [0, 0.1) is 17.2 Å². The van der Waals surface area contributed by atoms with Crippen molar-refractivity contribution in [2.24, 2.45) is 5.92 Å². The van der Waals surface area contributed by atoms with E-state index in [0.717, 1.165) is 33.7 Å². The van der Waals surface area contributed by atoms with Gasteiger partial charge in [0.05, 0.1) is 34.3 Å². The summed E-state index contributed by atoms with van der Waals surface area (Å²) in [4.78, 5) is 26.2. The highest BCUT2D eigenvalue weighted by Gasteiger charge is 2.29. The minimum absolute atomic E-state index is 0.0374. The number of pyridine rings is 1. The number of rotatable bonds is 5. The summed E-state index contributed by atoms with van der Waals surface area (Å²) < 4.78 is 12.5. The molecule has 2 N–H and O–H groups in total. The Morgan fingerprint density at radius 1 is 1.43 bits per heavy atom. The maximum absolute atomic E-state index is 12.3. The minimum Gasteiger partial charge on any atom is -0.379 e. The molecule has 0 bridgehead atoms. The second-order valence-electron chi connectivity index (χ2n) is 7.54. The van der Waals surface area contributed by atoms with Crippen molar-refractivity contribution in [1.82, 2.24) is 19.9 Å². The summed E-state index contributed by atoms with van der Waals surface area (Å²) in [6.45, 7) is 3.32. The highest BCUT2D eigenvalue weighted by Crippen LogP contribution is 2.37. The Morgan fingerprint density at radius 3 is 3.00 bits per heavy atom. The van der Waals surface area contributed by atoms with Crippen molar-refractivity contribution in [2.75, 3.05) is 24.7 Å². The number of nitriles is 1. The molecule has 1 amide bonds. The minimum atomic E-state index is -1.09. The van der Waals surface area contributed by atoms with Gasteiger partial charge in [-0.2, -0.15) is 5.26 Å². The molecule has 1 unspecified atom stereocenters. The van der Waals surface area contributed by atoms with Crippen molar-refractivity contribution in [3.8, 4) is 16.6 Å². The Labute approximate surface area is 180 Å². The predicted octanol–water partition coefficient (Wildman–Crippen LogP) is 2.99. The van der Waals surface area contributed by atoms with Crippen molar-refractivity contribution < 1.29 is 9.00 Å². The van der Waals surface area contributed by atoms with Crippen molar-refractivity contribution in [3.63, 3.8) is 0 Å². The van der Waals surface area contributed by atoms with Gasteiger partial charge in [0.2, 0.25) is 5.91 Å². The lowest BCUT2D eigenvalue weighted by Gasteiger charge is -2.37. The maximum atomic E-state index is 12.3. The number of anilines is 1. The number of nitrogens with zero attached hydrogens (tertiary/aromatic N) is 4. The number of hydrogen-bond donors (Lipinski definition) is 2. The molecule has 0 saturated carbocycles. The van der Waals surface area contributed by atoms with Crippen LogP contribution in [-0.2, 0) is 15.6 Å². The van der Waals surface area contributed by atoms with Gasteiger partial charge in [-0.1, -0.05) is 6.92 Å². The van der Waals surface area contributed by atoms with Gasteiger partial charge in [-0.05, 0) is 18.4 Å². The summed E-state index contributed by atoms with van der Waals surface area (Å²) in [6, 6.07) is 3.95. The molecule has 30 heavy (non-hydrogen) atoms. The Bertz CT molecular complexity index is 1150. The quantitative estimate of drug-likeness (QED) is 0.628. The predicted molar refractivity (Wildman–Crippen MR) is 118 cm³/mol. The number of H-pyrrole nitrogens is 1. The number of hydrogen-bond acceptors (Lipinski definition) is 7. The first-order valence-corrected chi connectivity index (χ1v) is 12.0. The molecule has 3 aromatic rings. The molecule has 0 aliphatic carbocycles. The van der Waals surface area contributed by atoms with E-state index in [1.807, 2.05) is 18.3 Å². The van der Waals surface area contributed by atoms with Gasteiger partial charge >= 0.3 is 0 Å². The number of piperidine rings is 1. The molecule has 0 radical (unpaired) electrons. The average Bonchev–Trinajstić information content (AvgIpc) is 3.38. The fraction of sp³-hybridized carbons (Fsp3) is 0.400. The number of carbonyl (C=O) groups is 1. The number of thiazole rings is 1. The van der Waals surface area contributed by atoms with Crippen molar-refractivity contribution in [1.29, 1.82) is 5.26 Å². The average molecular weight is 443 g/mol. The van der Waals surface area contributed by atoms with Crippen LogP contribution in [0.25, 0.3) is 21.6 Å². The molecule has 4 heterocycles. The molecule has 3 atom stereocenters. The number of amides is 1. The molecule has 156 valence electrons. The van der Waals surface area contributed by atoms with E-state index < -0.39 is 10.8 Å². The monoisotopic (exact) mass is 442 g/mol. The third-order valence-corrected chi connectivity index (χ3v) is 7.63. The third kappa shape index (κ3) is 4.08. The SMILES string of the molecule is C[C@H]1C[C@@H](Nc2c(-c3ncc(S(C)=O)s3)cnc3[nH]ccc23)CN(C(=O)CC#N)C1. The first-order valence-electron chi connectivity index (χ1n) is 9.63. The molecule has 1 fully saturated rings. The van der Waals surface area contributed by atoms with Crippen LogP contribution in [0.4, 0.5) is 5.69 Å². The molecule has 1 aliphatic rings. The number of likely N-dealkylation sites (tertiary alicyclic amines) is 1. The summed E-state index contributed by atoms with van der Waals surface area (Å²) in [6.07, 6.45) is 7.71. The molecule has 1 saturated heterocycles. The van der Waals surface area contributed by atoms with Gasteiger partial charge in [-0.25, -0.2) is 9.97 Å².